The number of aliphatic hydroxyl groups excluding tert-OH is 1. The Morgan fingerprint density at radius 2 is 1.71 bits per heavy atom. The van der Waals surface area contributed by atoms with Crippen LogP contribution in [0.4, 0.5) is 0 Å². The maximum Gasteiger partial charge on any atom is 0.335 e. The summed E-state index contributed by atoms with van der Waals surface area (Å²) in [6, 6.07) is 17.3. The summed E-state index contributed by atoms with van der Waals surface area (Å²) in [4.78, 5) is 40.6. The fourth-order valence-electron chi connectivity index (χ4n) is 6.18. The van der Waals surface area contributed by atoms with Crippen LogP contribution < -0.4 is 25.3 Å². The summed E-state index contributed by atoms with van der Waals surface area (Å²) in [5, 5.41) is 41.3. The molecule has 0 spiro atoms. The summed E-state index contributed by atoms with van der Waals surface area (Å²) in [7, 11) is 0. The van der Waals surface area contributed by atoms with Crippen LogP contribution in [0.2, 0.25) is 5.02 Å². The Hall–Kier alpha value is -5.25. The molecule has 1 amide bonds. The highest BCUT2D eigenvalue weighted by molar-refractivity contribution is 6.32. The van der Waals surface area contributed by atoms with Crippen LogP contribution in [0.15, 0.2) is 73.1 Å². The van der Waals surface area contributed by atoms with Gasteiger partial charge >= 0.3 is 11.9 Å². The number of amides is 1. The average Bonchev–Trinajstić information content (AvgIpc) is 3.17. The van der Waals surface area contributed by atoms with Gasteiger partial charge in [0.25, 0.3) is 0 Å². The number of halogens is 1. The van der Waals surface area contributed by atoms with Crippen LogP contribution >= 0.6 is 11.6 Å². The number of aliphatic carboxylic acids is 2. The van der Waals surface area contributed by atoms with Crippen LogP contribution in [-0.4, -0.2) is 92.6 Å². The molecule has 0 aliphatic carbocycles. The molecule has 1 atom stereocenters. The van der Waals surface area contributed by atoms with E-state index in [4.69, 9.17) is 31.5 Å². The van der Waals surface area contributed by atoms with E-state index < -0.39 is 36.1 Å². The molecule has 7 N–H and O–H groups in total. The number of carbonyl (C=O) groups is 3. The number of aliphatic hydroxyl groups is 2. The lowest BCUT2D eigenvalue weighted by molar-refractivity contribution is -0.163. The third-order valence-electron chi connectivity index (χ3n) is 9.55. The molecule has 3 aromatic carbocycles. The molecule has 292 valence electrons. The van der Waals surface area contributed by atoms with E-state index in [1.54, 1.807) is 18.2 Å². The van der Waals surface area contributed by atoms with Crippen molar-refractivity contribution in [2.75, 3.05) is 32.8 Å². The summed E-state index contributed by atoms with van der Waals surface area (Å²) in [5.41, 5.74) is 8.92. The molecule has 1 fully saturated rings. The van der Waals surface area contributed by atoms with Crippen LogP contribution in [0.3, 0.4) is 0 Å². The molecule has 1 saturated heterocycles. The molecule has 5 rings (SSSR count). The summed E-state index contributed by atoms with van der Waals surface area (Å²) >= 11 is 6.67. The smallest absolute Gasteiger partial charge is 0.335 e. The van der Waals surface area contributed by atoms with Gasteiger partial charge in [0.05, 0.1) is 23.8 Å². The first kappa shape index (κ1) is 40.9. The number of carbonyl (C=O) groups excluding carboxylic acids is 1. The van der Waals surface area contributed by atoms with Gasteiger partial charge in [0.1, 0.15) is 36.5 Å². The molecule has 0 radical (unpaired) electrons. The minimum Gasteiger partial charge on any atom is -0.494 e. The highest BCUT2D eigenvalue weighted by atomic mass is 35.5. The lowest BCUT2D eigenvalue weighted by Gasteiger charge is -2.35. The molecule has 0 unspecified atom stereocenters. The van der Waals surface area contributed by atoms with Crippen molar-refractivity contribution in [1.82, 2.24) is 15.2 Å². The van der Waals surface area contributed by atoms with Gasteiger partial charge in [-0.25, -0.2) is 4.79 Å². The molecule has 1 aliphatic heterocycles. The topological polar surface area (TPSA) is 214 Å². The summed E-state index contributed by atoms with van der Waals surface area (Å²) in [6.07, 6.45) is 4.05. The lowest BCUT2D eigenvalue weighted by Crippen LogP contribution is -2.49. The Kier molecular flexibility index (Phi) is 14.0. The van der Waals surface area contributed by atoms with Crippen LogP contribution in [0.5, 0.6) is 17.2 Å². The lowest BCUT2D eigenvalue weighted by atomic mass is 9.91. The molecule has 0 saturated carbocycles. The number of primary amides is 1. The zero-order valence-electron chi connectivity index (χ0n) is 30.4. The standard InChI is InChI=1S/C40H45ClN4O10/c1-25-28(6-3-8-32(25)27-5-2-7-31(16-27)53-14-4-11-45-12-9-40(52,10-13-45)39(50)51)24-55-36-18-35(54-23-26-15-30(37(42)47)20-43-19-26)29(17-33(36)41)21-44-34(22-46)38(48)49/h2-3,5-8,15-20,34,44,46,52H,4,9-14,21-24H2,1H3,(H2,42,47)(H,48,49)(H,50,51)/t34-/m1/s1. The van der Waals surface area contributed by atoms with Gasteiger partial charge in [0.2, 0.25) is 5.91 Å². The Bertz CT molecular complexity index is 1990. The predicted molar refractivity (Wildman–Crippen MR) is 203 cm³/mol. The second-order valence-electron chi connectivity index (χ2n) is 13.4. The van der Waals surface area contributed by atoms with Crippen molar-refractivity contribution < 1.29 is 49.0 Å². The second-order valence-corrected chi connectivity index (χ2v) is 13.8. The SMILES string of the molecule is Cc1c(COc2cc(OCc3cncc(C(N)=O)c3)c(CN[C@H](CO)C(=O)O)cc2Cl)cccc1-c1cccc(OCCCN2CCC(O)(C(=O)O)CC2)c1. The van der Waals surface area contributed by atoms with E-state index in [1.165, 1.54) is 12.4 Å². The number of likely N-dealkylation sites (tertiary alicyclic amines) is 1. The highest BCUT2D eigenvalue weighted by Gasteiger charge is 2.39. The fourth-order valence-corrected chi connectivity index (χ4v) is 6.43. The Balaban J connectivity index is 1.25. The zero-order chi connectivity index (χ0) is 39.5. The molecule has 4 aromatic rings. The van der Waals surface area contributed by atoms with Gasteiger partial charge in [-0.1, -0.05) is 41.9 Å². The number of pyridine rings is 1. The van der Waals surface area contributed by atoms with Crippen molar-refractivity contribution in [3.8, 4) is 28.4 Å². The summed E-state index contributed by atoms with van der Waals surface area (Å²) in [6.45, 7) is 3.84. The van der Waals surface area contributed by atoms with Gasteiger partial charge in [-0.15, -0.1) is 0 Å². The van der Waals surface area contributed by atoms with Crippen molar-refractivity contribution in [2.45, 2.75) is 57.6 Å². The van der Waals surface area contributed by atoms with Crippen molar-refractivity contribution in [1.29, 1.82) is 0 Å². The van der Waals surface area contributed by atoms with Crippen molar-refractivity contribution in [3.63, 3.8) is 0 Å². The molecular weight excluding hydrogens is 732 g/mol. The predicted octanol–water partition coefficient (Wildman–Crippen LogP) is 4.18. The largest absolute Gasteiger partial charge is 0.494 e. The third kappa shape index (κ3) is 10.9. The number of carboxylic acids is 2. The van der Waals surface area contributed by atoms with Crippen molar-refractivity contribution >= 4 is 29.4 Å². The zero-order valence-corrected chi connectivity index (χ0v) is 31.1. The molecule has 14 nitrogen and oxygen atoms in total. The van der Waals surface area contributed by atoms with E-state index in [-0.39, 0.29) is 43.2 Å². The molecule has 0 bridgehead atoms. The minimum atomic E-state index is -1.63. The molecule has 2 heterocycles. The molecular formula is C40H45ClN4O10. The number of nitrogens with two attached hydrogens (primary N) is 1. The maximum atomic E-state index is 11.7. The van der Waals surface area contributed by atoms with E-state index in [2.05, 4.69) is 15.2 Å². The van der Waals surface area contributed by atoms with Crippen LogP contribution in [-0.2, 0) is 29.3 Å². The molecule has 1 aromatic heterocycles. The monoisotopic (exact) mass is 776 g/mol. The molecule has 15 heteroatoms. The van der Waals surface area contributed by atoms with Gasteiger partial charge in [-0.2, -0.15) is 0 Å². The number of ether oxygens (including phenoxy) is 3. The highest BCUT2D eigenvalue weighted by Crippen LogP contribution is 2.35. The Morgan fingerprint density at radius 3 is 2.42 bits per heavy atom. The van der Waals surface area contributed by atoms with Crippen LogP contribution in [0.1, 0.15) is 51.9 Å². The third-order valence-corrected chi connectivity index (χ3v) is 9.85. The molecule has 55 heavy (non-hydrogen) atoms. The minimum absolute atomic E-state index is 0.00667. The maximum absolute atomic E-state index is 11.7. The Labute approximate surface area is 323 Å². The number of aromatic nitrogens is 1. The number of benzene rings is 3. The van der Waals surface area contributed by atoms with E-state index in [1.807, 2.05) is 49.4 Å². The van der Waals surface area contributed by atoms with E-state index in [0.717, 1.165) is 41.0 Å². The van der Waals surface area contributed by atoms with E-state index >= 15 is 0 Å². The number of hydrogen-bond acceptors (Lipinski definition) is 11. The van der Waals surface area contributed by atoms with Gasteiger partial charge in [-0.05, 0) is 72.7 Å². The van der Waals surface area contributed by atoms with Crippen molar-refractivity contribution in [3.05, 3.63) is 106 Å². The number of piperidine rings is 1. The number of hydrogen-bond donors (Lipinski definition) is 6. The quantitative estimate of drug-likeness (QED) is 0.0739. The van der Waals surface area contributed by atoms with Gasteiger partial charge in [-0.3, -0.25) is 19.9 Å². The average molecular weight is 777 g/mol. The van der Waals surface area contributed by atoms with Gasteiger partial charge in [0, 0.05) is 55.8 Å². The van der Waals surface area contributed by atoms with Crippen LogP contribution in [0.25, 0.3) is 11.1 Å². The van der Waals surface area contributed by atoms with Crippen molar-refractivity contribution in [2.24, 2.45) is 5.73 Å². The number of nitrogens with one attached hydrogen (secondary N) is 1. The van der Waals surface area contributed by atoms with E-state index in [9.17, 15) is 34.8 Å². The number of nitrogens with zero attached hydrogens (tertiary/aromatic N) is 2. The van der Waals surface area contributed by atoms with Gasteiger partial charge in [0.15, 0.2) is 5.60 Å². The fraction of sp³-hybridized carbons (Fsp3) is 0.350. The summed E-state index contributed by atoms with van der Waals surface area (Å²) < 4.78 is 18.4. The normalized spacial score (nSPS) is 14.5. The second kappa shape index (κ2) is 18.9. The molecule has 1 aliphatic rings. The summed E-state index contributed by atoms with van der Waals surface area (Å²) in [5.74, 6) is -1.63. The van der Waals surface area contributed by atoms with Gasteiger partial charge < -0.3 is 45.3 Å². The number of carboxylic acid groups (broad SMARTS) is 2. The first-order valence-electron chi connectivity index (χ1n) is 17.8. The first-order valence-corrected chi connectivity index (χ1v) is 18.1. The first-order chi connectivity index (χ1) is 26.4. The van der Waals surface area contributed by atoms with Crippen LogP contribution in [0, 0.1) is 6.92 Å². The Morgan fingerprint density at radius 1 is 0.964 bits per heavy atom. The van der Waals surface area contributed by atoms with E-state index in [0.29, 0.717) is 42.3 Å². The number of rotatable bonds is 19.